The molecule has 0 saturated heterocycles. The average molecular weight is 245 g/mol. The zero-order valence-electron chi connectivity index (χ0n) is 11.1. The van der Waals surface area contributed by atoms with E-state index >= 15 is 0 Å². The fourth-order valence-electron chi connectivity index (χ4n) is 2.98. The number of benzene rings is 1. The van der Waals surface area contributed by atoms with Crippen LogP contribution in [0.25, 0.3) is 0 Å². The number of rotatable bonds is 5. The van der Waals surface area contributed by atoms with Crippen LogP contribution < -0.4 is 11.1 Å². The van der Waals surface area contributed by atoms with Crippen LogP contribution in [0.3, 0.4) is 0 Å². The standard InChI is InChI=1S/C15H23N3/c1-18(11-6-7-11)9-8-17-15-10-14(16)12-4-2-3-5-13(12)15/h2-5,11,14-15,17H,6-10,16H2,1H3. The number of likely N-dealkylation sites (N-methyl/N-ethyl adjacent to an activating group) is 1. The van der Waals surface area contributed by atoms with Gasteiger partial charge in [0.2, 0.25) is 0 Å². The van der Waals surface area contributed by atoms with Crippen LogP contribution in [0.4, 0.5) is 0 Å². The van der Waals surface area contributed by atoms with Gasteiger partial charge in [0, 0.05) is 31.2 Å². The van der Waals surface area contributed by atoms with Crippen molar-refractivity contribution in [2.45, 2.75) is 37.4 Å². The Kier molecular flexibility index (Phi) is 3.37. The molecule has 3 N–H and O–H groups in total. The van der Waals surface area contributed by atoms with E-state index in [1.165, 1.54) is 24.0 Å². The Morgan fingerprint density at radius 1 is 1.28 bits per heavy atom. The minimum Gasteiger partial charge on any atom is -0.324 e. The first kappa shape index (κ1) is 12.2. The van der Waals surface area contributed by atoms with E-state index in [-0.39, 0.29) is 6.04 Å². The molecule has 0 radical (unpaired) electrons. The summed E-state index contributed by atoms with van der Waals surface area (Å²) in [5.74, 6) is 0. The van der Waals surface area contributed by atoms with Gasteiger partial charge in [-0.2, -0.15) is 0 Å². The van der Waals surface area contributed by atoms with Crippen molar-refractivity contribution in [3.63, 3.8) is 0 Å². The summed E-state index contributed by atoms with van der Waals surface area (Å²) >= 11 is 0. The van der Waals surface area contributed by atoms with Crippen molar-refractivity contribution in [3.05, 3.63) is 35.4 Å². The van der Waals surface area contributed by atoms with Crippen LogP contribution in [-0.2, 0) is 0 Å². The predicted octanol–water partition coefficient (Wildman–Crippen LogP) is 1.81. The molecule has 0 aliphatic heterocycles. The van der Waals surface area contributed by atoms with Gasteiger partial charge < -0.3 is 16.0 Å². The Hall–Kier alpha value is -0.900. The largest absolute Gasteiger partial charge is 0.324 e. The van der Waals surface area contributed by atoms with Crippen LogP contribution >= 0.6 is 0 Å². The van der Waals surface area contributed by atoms with Gasteiger partial charge >= 0.3 is 0 Å². The average Bonchev–Trinajstić information content (AvgIpc) is 3.17. The number of fused-ring (bicyclic) bond motifs is 1. The molecule has 1 saturated carbocycles. The molecular weight excluding hydrogens is 222 g/mol. The number of hydrogen-bond donors (Lipinski definition) is 2. The SMILES string of the molecule is CN(CCNC1CC(N)c2ccccc21)C1CC1. The molecule has 2 aliphatic rings. The van der Waals surface area contributed by atoms with E-state index in [2.05, 4.69) is 41.5 Å². The Labute approximate surface area is 109 Å². The third-order valence-electron chi connectivity index (χ3n) is 4.29. The second-order valence-corrected chi connectivity index (χ2v) is 5.69. The monoisotopic (exact) mass is 245 g/mol. The molecule has 0 bridgehead atoms. The molecule has 2 unspecified atom stereocenters. The second-order valence-electron chi connectivity index (χ2n) is 5.69. The third kappa shape index (κ3) is 2.44. The molecule has 2 atom stereocenters. The van der Waals surface area contributed by atoms with Crippen LogP contribution in [0.5, 0.6) is 0 Å². The van der Waals surface area contributed by atoms with E-state index in [0.717, 1.165) is 25.6 Å². The lowest BCUT2D eigenvalue weighted by atomic mass is 10.1. The molecule has 0 heterocycles. The molecule has 3 nitrogen and oxygen atoms in total. The molecule has 3 rings (SSSR count). The summed E-state index contributed by atoms with van der Waals surface area (Å²) < 4.78 is 0. The normalized spacial score (nSPS) is 26.6. The van der Waals surface area contributed by atoms with Gasteiger partial charge in [0.25, 0.3) is 0 Å². The zero-order valence-corrected chi connectivity index (χ0v) is 11.1. The maximum atomic E-state index is 6.18. The maximum absolute atomic E-state index is 6.18. The van der Waals surface area contributed by atoms with Crippen LogP contribution in [0.15, 0.2) is 24.3 Å². The smallest absolute Gasteiger partial charge is 0.0342 e. The van der Waals surface area contributed by atoms with Crippen molar-refractivity contribution in [2.75, 3.05) is 20.1 Å². The number of nitrogens with one attached hydrogen (secondary N) is 1. The molecule has 0 aromatic heterocycles. The van der Waals surface area contributed by atoms with Gasteiger partial charge in [-0.15, -0.1) is 0 Å². The Morgan fingerprint density at radius 3 is 2.72 bits per heavy atom. The lowest BCUT2D eigenvalue weighted by Gasteiger charge is -2.19. The van der Waals surface area contributed by atoms with Gasteiger partial charge in [-0.05, 0) is 37.4 Å². The quantitative estimate of drug-likeness (QED) is 0.831. The van der Waals surface area contributed by atoms with E-state index in [1.807, 2.05) is 0 Å². The Bertz CT molecular complexity index is 414. The topological polar surface area (TPSA) is 41.3 Å². The molecule has 1 fully saturated rings. The van der Waals surface area contributed by atoms with Crippen molar-refractivity contribution in [1.82, 2.24) is 10.2 Å². The van der Waals surface area contributed by atoms with Crippen LogP contribution in [0.1, 0.15) is 42.5 Å². The first-order valence-corrected chi connectivity index (χ1v) is 7.03. The zero-order chi connectivity index (χ0) is 12.5. The highest BCUT2D eigenvalue weighted by atomic mass is 15.2. The lowest BCUT2D eigenvalue weighted by molar-refractivity contribution is 0.313. The van der Waals surface area contributed by atoms with Gasteiger partial charge in [-0.3, -0.25) is 0 Å². The van der Waals surface area contributed by atoms with Crippen LogP contribution in [0.2, 0.25) is 0 Å². The Morgan fingerprint density at radius 2 is 2.00 bits per heavy atom. The van der Waals surface area contributed by atoms with E-state index in [1.54, 1.807) is 0 Å². The summed E-state index contributed by atoms with van der Waals surface area (Å²) in [6.07, 6.45) is 3.80. The highest BCUT2D eigenvalue weighted by Crippen LogP contribution is 2.36. The Balaban J connectivity index is 1.54. The van der Waals surface area contributed by atoms with Crippen LogP contribution in [-0.4, -0.2) is 31.1 Å². The van der Waals surface area contributed by atoms with Gasteiger partial charge in [-0.1, -0.05) is 24.3 Å². The number of nitrogens with zero attached hydrogens (tertiary/aromatic N) is 1. The number of nitrogens with two attached hydrogens (primary N) is 1. The molecule has 0 amide bonds. The summed E-state index contributed by atoms with van der Waals surface area (Å²) in [5, 5.41) is 3.66. The molecule has 1 aromatic carbocycles. The molecular formula is C15H23N3. The minimum absolute atomic E-state index is 0.208. The molecule has 3 heteroatoms. The molecule has 98 valence electrons. The first-order valence-electron chi connectivity index (χ1n) is 7.03. The van der Waals surface area contributed by atoms with Gasteiger partial charge in [0.1, 0.15) is 0 Å². The molecule has 18 heavy (non-hydrogen) atoms. The van der Waals surface area contributed by atoms with Crippen molar-refractivity contribution >= 4 is 0 Å². The molecule has 1 aromatic rings. The summed E-state index contributed by atoms with van der Waals surface area (Å²) in [4.78, 5) is 2.47. The fraction of sp³-hybridized carbons (Fsp3) is 0.600. The molecule has 0 spiro atoms. The minimum atomic E-state index is 0.208. The second kappa shape index (κ2) is 5.00. The maximum Gasteiger partial charge on any atom is 0.0342 e. The van der Waals surface area contributed by atoms with E-state index < -0.39 is 0 Å². The van der Waals surface area contributed by atoms with Crippen molar-refractivity contribution in [3.8, 4) is 0 Å². The number of hydrogen-bond acceptors (Lipinski definition) is 3. The highest BCUT2D eigenvalue weighted by Gasteiger charge is 2.28. The van der Waals surface area contributed by atoms with Gasteiger partial charge in [-0.25, -0.2) is 0 Å². The predicted molar refractivity (Wildman–Crippen MR) is 74.4 cm³/mol. The van der Waals surface area contributed by atoms with Crippen LogP contribution in [0, 0.1) is 0 Å². The van der Waals surface area contributed by atoms with Crippen molar-refractivity contribution in [1.29, 1.82) is 0 Å². The highest BCUT2D eigenvalue weighted by molar-refractivity contribution is 5.37. The summed E-state index contributed by atoms with van der Waals surface area (Å²) in [6, 6.07) is 10.1. The summed E-state index contributed by atoms with van der Waals surface area (Å²) in [6.45, 7) is 2.19. The van der Waals surface area contributed by atoms with E-state index in [4.69, 9.17) is 5.73 Å². The summed E-state index contributed by atoms with van der Waals surface area (Å²) in [7, 11) is 2.23. The summed E-state index contributed by atoms with van der Waals surface area (Å²) in [5.41, 5.74) is 8.90. The van der Waals surface area contributed by atoms with Gasteiger partial charge in [0.15, 0.2) is 0 Å². The lowest BCUT2D eigenvalue weighted by Crippen LogP contribution is -2.32. The molecule has 2 aliphatic carbocycles. The van der Waals surface area contributed by atoms with E-state index in [0.29, 0.717) is 6.04 Å². The van der Waals surface area contributed by atoms with Crippen molar-refractivity contribution < 1.29 is 0 Å². The first-order chi connectivity index (χ1) is 8.75. The fourth-order valence-corrected chi connectivity index (χ4v) is 2.98. The third-order valence-corrected chi connectivity index (χ3v) is 4.29. The van der Waals surface area contributed by atoms with Gasteiger partial charge in [0.05, 0.1) is 0 Å². The van der Waals surface area contributed by atoms with Crippen molar-refractivity contribution in [2.24, 2.45) is 5.73 Å². The van der Waals surface area contributed by atoms with E-state index in [9.17, 15) is 0 Å².